The largest absolute Gasteiger partial charge is 0.396 e. The molecule has 0 atom stereocenters. The molecule has 5 nitrogen and oxygen atoms in total. The van der Waals surface area contributed by atoms with Gasteiger partial charge < -0.3 is 16.4 Å². The van der Waals surface area contributed by atoms with Gasteiger partial charge in [0.1, 0.15) is 5.82 Å². The number of likely N-dealkylation sites (N-methyl/N-ethyl adjacent to an activating group) is 1. The highest BCUT2D eigenvalue weighted by Crippen LogP contribution is 2.19. The Morgan fingerprint density at radius 2 is 1.94 bits per heavy atom. The van der Waals surface area contributed by atoms with Gasteiger partial charge in [-0.05, 0) is 19.1 Å². The molecule has 0 fully saturated rings. The first-order valence-corrected chi connectivity index (χ1v) is 5.18. The minimum atomic E-state index is -1.01. The lowest BCUT2D eigenvalue weighted by atomic mass is 10.1. The molecule has 0 aliphatic rings. The smallest absolute Gasteiger partial charge is 0.257 e. The zero-order chi connectivity index (χ0) is 13.9. The maximum atomic E-state index is 13.6. The maximum Gasteiger partial charge on any atom is 0.257 e. The maximum absolute atomic E-state index is 13.6. The second-order valence-corrected chi connectivity index (χ2v) is 3.64. The summed E-state index contributed by atoms with van der Waals surface area (Å²) in [5, 5.41) is 0. The van der Waals surface area contributed by atoms with Crippen LogP contribution < -0.4 is 11.5 Å². The number of nitrogens with zero attached hydrogens (tertiary/aromatic N) is 1. The molecule has 0 unspecified atom stereocenters. The van der Waals surface area contributed by atoms with Gasteiger partial charge in [-0.3, -0.25) is 9.59 Å². The lowest BCUT2D eigenvalue weighted by Gasteiger charge is -2.19. The second kappa shape index (κ2) is 5.44. The molecule has 18 heavy (non-hydrogen) atoms. The van der Waals surface area contributed by atoms with Crippen molar-refractivity contribution < 1.29 is 18.4 Å². The number of benzene rings is 1. The van der Waals surface area contributed by atoms with E-state index >= 15 is 0 Å². The molecule has 1 aromatic rings. The molecule has 1 aromatic carbocycles. The van der Waals surface area contributed by atoms with Crippen LogP contribution in [0.4, 0.5) is 14.5 Å². The molecule has 0 heterocycles. The Balaban J connectivity index is 3.12. The summed E-state index contributed by atoms with van der Waals surface area (Å²) in [6, 6.07) is 1.51. The van der Waals surface area contributed by atoms with E-state index < -0.39 is 34.7 Å². The number of nitrogen functional groups attached to an aromatic ring is 1. The fraction of sp³-hybridized carbons (Fsp3) is 0.273. The molecule has 2 amide bonds. The zero-order valence-electron chi connectivity index (χ0n) is 9.74. The van der Waals surface area contributed by atoms with Gasteiger partial charge in [-0.25, -0.2) is 8.78 Å². The third kappa shape index (κ3) is 2.93. The summed E-state index contributed by atoms with van der Waals surface area (Å²) in [5.74, 6) is -3.41. The van der Waals surface area contributed by atoms with Gasteiger partial charge in [0.05, 0.1) is 17.8 Å². The number of carbonyl (C=O) groups excluding carboxylic acids is 2. The average molecular weight is 257 g/mol. The van der Waals surface area contributed by atoms with Crippen LogP contribution in [0.25, 0.3) is 0 Å². The number of halogens is 2. The zero-order valence-corrected chi connectivity index (χ0v) is 9.74. The van der Waals surface area contributed by atoms with Crippen LogP contribution in [0.15, 0.2) is 12.1 Å². The molecule has 0 radical (unpaired) electrons. The molecule has 0 saturated heterocycles. The molecule has 1 rings (SSSR count). The van der Waals surface area contributed by atoms with Gasteiger partial charge >= 0.3 is 0 Å². The van der Waals surface area contributed by atoms with Crippen LogP contribution in [0.5, 0.6) is 0 Å². The fourth-order valence-electron chi connectivity index (χ4n) is 1.45. The van der Waals surface area contributed by atoms with Crippen molar-refractivity contribution in [2.45, 2.75) is 6.92 Å². The number of amides is 2. The number of rotatable bonds is 4. The van der Waals surface area contributed by atoms with Gasteiger partial charge in [0, 0.05) is 6.54 Å². The fourth-order valence-corrected chi connectivity index (χ4v) is 1.45. The van der Waals surface area contributed by atoms with Crippen LogP contribution >= 0.6 is 0 Å². The molecular formula is C11H13F2N3O2. The Labute approximate surface area is 102 Å². The van der Waals surface area contributed by atoms with Gasteiger partial charge in [-0.1, -0.05) is 0 Å². The normalized spacial score (nSPS) is 10.2. The van der Waals surface area contributed by atoms with Crippen molar-refractivity contribution in [2.24, 2.45) is 5.73 Å². The van der Waals surface area contributed by atoms with Crippen LogP contribution in [0.3, 0.4) is 0 Å². The minimum Gasteiger partial charge on any atom is -0.396 e. The first-order valence-electron chi connectivity index (χ1n) is 5.18. The van der Waals surface area contributed by atoms with Gasteiger partial charge in [-0.15, -0.1) is 0 Å². The number of primary amides is 1. The predicted molar refractivity (Wildman–Crippen MR) is 61.5 cm³/mol. The molecule has 0 aliphatic carbocycles. The quantitative estimate of drug-likeness (QED) is 0.769. The third-order valence-electron chi connectivity index (χ3n) is 2.31. The Morgan fingerprint density at radius 3 is 2.44 bits per heavy atom. The molecule has 98 valence electrons. The highest BCUT2D eigenvalue weighted by atomic mass is 19.1. The van der Waals surface area contributed by atoms with Crippen LogP contribution in [0.2, 0.25) is 0 Å². The van der Waals surface area contributed by atoms with E-state index in [0.717, 1.165) is 17.0 Å². The standard InChI is InChI=1S/C11H13F2N3O2/c1-2-16(5-9(15)17)11(18)7-3-6(12)4-8(14)10(7)13/h3-4H,2,5,14H2,1H3,(H2,15,17). The van der Waals surface area contributed by atoms with Crippen molar-refractivity contribution in [3.05, 3.63) is 29.3 Å². The molecule has 0 bridgehead atoms. The number of anilines is 1. The topological polar surface area (TPSA) is 89.4 Å². The van der Waals surface area contributed by atoms with E-state index in [2.05, 4.69) is 0 Å². The van der Waals surface area contributed by atoms with Gasteiger partial charge in [-0.2, -0.15) is 0 Å². The van der Waals surface area contributed by atoms with Crippen molar-refractivity contribution in [1.29, 1.82) is 0 Å². The van der Waals surface area contributed by atoms with E-state index in [1.165, 1.54) is 0 Å². The van der Waals surface area contributed by atoms with E-state index in [1.54, 1.807) is 6.92 Å². The van der Waals surface area contributed by atoms with Crippen LogP contribution in [-0.2, 0) is 4.79 Å². The van der Waals surface area contributed by atoms with Crippen molar-refractivity contribution in [3.63, 3.8) is 0 Å². The number of hydrogen-bond donors (Lipinski definition) is 2. The second-order valence-electron chi connectivity index (χ2n) is 3.64. The molecule has 7 heteroatoms. The van der Waals surface area contributed by atoms with E-state index in [9.17, 15) is 18.4 Å². The Hall–Kier alpha value is -2.18. The van der Waals surface area contributed by atoms with Crippen molar-refractivity contribution in [1.82, 2.24) is 4.90 Å². The first kappa shape index (κ1) is 13.9. The van der Waals surface area contributed by atoms with Gasteiger partial charge in [0.25, 0.3) is 5.91 Å². The first-order chi connectivity index (χ1) is 8.36. The summed E-state index contributed by atoms with van der Waals surface area (Å²) in [6.45, 7) is 1.35. The Kier molecular flexibility index (Phi) is 4.19. The van der Waals surface area contributed by atoms with Crippen LogP contribution in [0.1, 0.15) is 17.3 Å². The SMILES string of the molecule is CCN(CC(N)=O)C(=O)c1cc(F)cc(N)c1F. The predicted octanol–water partition coefficient (Wildman–Crippen LogP) is 0.494. The van der Waals surface area contributed by atoms with E-state index in [-0.39, 0.29) is 13.1 Å². The number of hydrogen-bond acceptors (Lipinski definition) is 3. The highest BCUT2D eigenvalue weighted by molar-refractivity contribution is 5.97. The molecule has 0 saturated carbocycles. The number of nitrogens with two attached hydrogens (primary N) is 2. The van der Waals surface area contributed by atoms with Crippen LogP contribution in [0, 0.1) is 11.6 Å². The monoisotopic (exact) mass is 257 g/mol. The Bertz CT molecular complexity index is 491. The van der Waals surface area contributed by atoms with E-state index in [4.69, 9.17) is 11.5 Å². The van der Waals surface area contributed by atoms with Gasteiger partial charge in [0.15, 0.2) is 5.82 Å². The molecule has 0 aromatic heterocycles. The summed E-state index contributed by atoms with van der Waals surface area (Å²) in [7, 11) is 0. The average Bonchev–Trinajstić information content (AvgIpc) is 2.29. The summed E-state index contributed by atoms with van der Waals surface area (Å²) in [5.41, 5.74) is 9.20. The Morgan fingerprint density at radius 1 is 1.33 bits per heavy atom. The van der Waals surface area contributed by atoms with E-state index in [0.29, 0.717) is 0 Å². The van der Waals surface area contributed by atoms with Crippen molar-refractivity contribution >= 4 is 17.5 Å². The van der Waals surface area contributed by atoms with Gasteiger partial charge in [0.2, 0.25) is 5.91 Å². The summed E-state index contributed by atoms with van der Waals surface area (Å²) < 4.78 is 26.7. The minimum absolute atomic E-state index is 0.137. The van der Waals surface area contributed by atoms with Crippen LogP contribution in [-0.4, -0.2) is 29.8 Å². The summed E-state index contributed by atoms with van der Waals surface area (Å²) in [4.78, 5) is 23.7. The summed E-state index contributed by atoms with van der Waals surface area (Å²) >= 11 is 0. The van der Waals surface area contributed by atoms with E-state index in [1.807, 2.05) is 0 Å². The molecule has 4 N–H and O–H groups in total. The molecule has 0 spiro atoms. The lowest BCUT2D eigenvalue weighted by molar-refractivity contribution is -0.118. The highest BCUT2D eigenvalue weighted by Gasteiger charge is 2.21. The lowest BCUT2D eigenvalue weighted by Crippen LogP contribution is -2.38. The van der Waals surface area contributed by atoms with Crippen molar-refractivity contribution in [3.8, 4) is 0 Å². The molecule has 0 aliphatic heterocycles. The third-order valence-corrected chi connectivity index (χ3v) is 2.31. The molecular weight excluding hydrogens is 244 g/mol. The summed E-state index contributed by atoms with van der Waals surface area (Å²) in [6.07, 6.45) is 0. The van der Waals surface area contributed by atoms with Crippen molar-refractivity contribution in [2.75, 3.05) is 18.8 Å². The number of carbonyl (C=O) groups is 2.